The average Bonchev–Trinajstić information content (AvgIpc) is 2.90. The molecule has 1 unspecified atom stereocenters. The van der Waals surface area contributed by atoms with Crippen molar-refractivity contribution in [3.63, 3.8) is 0 Å². The summed E-state index contributed by atoms with van der Waals surface area (Å²) < 4.78 is 1.02. The molecule has 1 atom stereocenters. The van der Waals surface area contributed by atoms with Gasteiger partial charge >= 0.3 is 0 Å². The standard InChI is InChI=1S/C16H14BrNOS2/c1-20-14-8-2-11(3-9-14)16-18(15(19)10-21-16)13-6-4-12(17)5-7-13/h2-9,16H,10H2,1H3. The van der Waals surface area contributed by atoms with Gasteiger partial charge in [0.25, 0.3) is 0 Å². The van der Waals surface area contributed by atoms with E-state index >= 15 is 0 Å². The maximum Gasteiger partial charge on any atom is 0.238 e. The van der Waals surface area contributed by atoms with Crippen molar-refractivity contribution in [2.45, 2.75) is 10.3 Å². The molecule has 0 aromatic heterocycles. The van der Waals surface area contributed by atoms with Gasteiger partial charge in [-0.15, -0.1) is 23.5 Å². The Morgan fingerprint density at radius 1 is 1.14 bits per heavy atom. The van der Waals surface area contributed by atoms with E-state index in [0.717, 1.165) is 10.2 Å². The first-order chi connectivity index (χ1) is 10.2. The van der Waals surface area contributed by atoms with E-state index in [0.29, 0.717) is 5.75 Å². The van der Waals surface area contributed by atoms with Crippen LogP contribution in [-0.2, 0) is 4.79 Å². The van der Waals surface area contributed by atoms with E-state index in [-0.39, 0.29) is 11.3 Å². The third-order valence-corrected chi connectivity index (χ3v) is 5.86. The highest BCUT2D eigenvalue weighted by atomic mass is 79.9. The van der Waals surface area contributed by atoms with Crippen LogP contribution in [-0.4, -0.2) is 17.9 Å². The van der Waals surface area contributed by atoms with Crippen molar-refractivity contribution < 1.29 is 4.79 Å². The van der Waals surface area contributed by atoms with E-state index in [1.54, 1.807) is 23.5 Å². The minimum absolute atomic E-state index is 0.0644. The van der Waals surface area contributed by atoms with Crippen molar-refractivity contribution in [1.82, 2.24) is 0 Å². The van der Waals surface area contributed by atoms with Crippen LogP contribution in [0.5, 0.6) is 0 Å². The maximum absolute atomic E-state index is 12.3. The summed E-state index contributed by atoms with van der Waals surface area (Å²) >= 11 is 6.84. The van der Waals surface area contributed by atoms with Gasteiger partial charge in [-0.2, -0.15) is 0 Å². The Kier molecular flexibility index (Phi) is 4.62. The van der Waals surface area contributed by atoms with Gasteiger partial charge in [-0.25, -0.2) is 0 Å². The third-order valence-electron chi connectivity index (χ3n) is 3.37. The highest BCUT2D eigenvalue weighted by Crippen LogP contribution is 2.42. The minimum atomic E-state index is 0.0644. The maximum atomic E-state index is 12.3. The SMILES string of the molecule is CSc1ccc(C2SCC(=O)N2c2ccc(Br)cc2)cc1. The molecule has 108 valence electrons. The van der Waals surface area contributed by atoms with Crippen molar-refractivity contribution in [2.75, 3.05) is 16.9 Å². The predicted octanol–water partition coefficient (Wildman–Crippen LogP) is 4.95. The summed E-state index contributed by atoms with van der Waals surface area (Å²) in [6, 6.07) is 16.4. The lowest BCUT2D eigenvalue weighted by atomic mass is 10.2. The molecular formula is C16H14BrNOS2. The van der Waals surface area contributed by atoms with Gasteiger partial charge in [-0.3, -0.25) is 9.69 Å². The van der Waals surface area contributed by atoms with Gasteiger partial charge in [-0.1, -0.05) is 28.1 Å². The molecule has 0 saturated carbocycles. The molecular weight excluding hydrogens is 366 g/mol. The van der Waals surface area contributed by atoms with Crippen molar-refractivity contribution in [3.05, 3.63) is 58.6 Å². The summed E-state index contributed by atoms with van der Waals surface area (Å²) in [4.78, 5) is 15.4. The van der Waals surface area contributed by atoms with E-state index in [1.807, 2.05) is 29.2 Å². The van der Waals surface area contributed by atoms with Crippen molar-refractivity contribution in [2.24, 2.45) is 0 Å². The van der Waals surface area contributed by atoms with E-state index < -0.39 is 0 Å². The Morgan fingerprint density at radius 3 is 2.43 bits per heavy atom. The molecule has 1 saturated heterocycles. The molecule has 0 aliphatic carbocycles. The second-order valence-electron chi connectivity index (χ2n) is 4.68. The van der Waals surface area contributed by atoms with Crippen LogP contribution in [0.25, 0.3) is 0 Å². The molecule has 1 amide bonds. The molecule has 0 spiro atoms. The van der Waals surface area contributed by atoms with Crippen molar-refractivity contribution in [3.8, 4) is 0 Å². The van der Waals surface area contributed by atoms with Crippen LogP contribution in [0, 0.1) is 0 Å². The molecule has 3 rings (SSSR count). The van der Waals surface area contributed by atoms with Crippen LogP contribution in [0.15, 0.2) is 57.9 Å². The highest BCUT2D eigenvalue weighted by molar-refractivity contribution is 9.10. The number of anilines is 1. The first-order valence-corrected chi connectivity index (χ1v) is 9.59. The van der Waals surface area contributed by atoms with Crippen LogP contribution in [0.2, 0.25) is 0 Å². The first-order valence-electron chi connectivity index (χ1n) is 6.52. The van der Waals surface area contributed by atoms with Gasteiger partial charge in [0.1, 0.15) is 5.37 Å². The number of hydrogen-bond acceptors (Lipinski definition) is 3. The molecule has 0 bridgehead atoms. The lowest BCUT2D eigenvalue weighted by molar-refractivity contribution is -0.115. The quantitative estimate of drug-likeness (QED) is 0.703. The Hall–Kier alpha value is -0.910. The smallest absolute Gasteiger partial charge is 0.238 e. The third kappa shape index (κ3) is 3.15. The fraction of sp³-hybridized carbons (Fsp3) is 0.188. The Labute approximate surface area is 141 Å². The molecule has 2 aromatic carbocycles. The monoisotopic (exact) mass is 379 g/mol. The average molecular weight is 380 g/mol. The van der Waals surface area contributed by atoms with Crippen LogP contribution in [0.4, 0.5) is 5.69 Å². The second kappa shape index (κ2) is 6.46. The van der Waals surface area contributed by atoms with E-state index in [4.69, 9.17) is 0 Å². The van der Waals surface area contributed by atoms with Crippen LogP contribution < -0.4 is 4.90 Å². The van der Waals surface area contributed by atoms with Crippen molar-refractivity contribution >= 4 is 51.0 Å². The Morgan fingerprint density at radius 2 is 1.81 bits per heavy atom. The molecule has 1 aliphatic rings. The number of carbonyl (C=O) groups excluding carboxylic acids is 1. The molecule has 0 N–H and O–H groups in total. The summed E-state index contributed by atoms with van der Waals surface area (Å²) in [6.45, 7) is 0. The van der Waals surface area contributed by atoms with Gasteiger partial charge in [0.05, 0.1) is 5.75 Å². The number of thioether (sulfide) groups is 2. The lowest BCUT2D eigenvalue weighted by Gasteiger charge is -2.24. The fourth-order valence-electron chi connectivity index (χ4n) is 2.32. The number of nitrogens with zero attached hydrogens (tertiary/aromatic N) is 1. The summed E-state index contributed by atoms with van der Waals surface area (Å²) in [5.41, 5.74) is 2.12. The number of halogens is 1. The summed E-state index contributed by atoms with van der Waals surface area (Å²) in [5, 5.41) is 0.0644. The van der Waals surface area contributed by atoms with E-state index in [2.05, 4.69) is 46.5 Å². The zero-order chi connectivity index (χ0) is 14.8. The van der Waals surface area contributed by atoms with E-state index in [9.17, 15) is 4.79 Å². The second-order valence-corrected chi connectivity index (χ2v) is 7.54. The van der Waals surface area contributed by atoms with Crippen LogP contribution in [0.1, 0.15) is 10.9 Å². The molecule has 5 heteroatoms. The fourth-order valence-corrected chi connectivity index (χ4v) is 4.17. The van der Waals surface area contributed by atoms with Gasteiger partial charge in [-0.05, 0) is 48.2 Å². The largest absolute Gasteiger partial charge is 0.295 e. The van der Waals surface area contributed by atoms with Gasteiger partial charge < -0.3 is 0 Å². The minimum Gasteiger partial charge on any atom is -0.295 e. The summed E-state index contributed by atoms with van der Waals surface area (Å²) in [6.07, 6.45) is 2.07. The van der Waals surface area contributed by atoms with Crippen molar-refractivity contribution in [1.29, 1.82) is 0 Å². The first kappa shape index (κ1) is 15.0. The van der Waals surface area contributed by atoms with E-state index in [1.165, 1.54) is 10.5 Å². The number of rotatable bonds is 3. The highest BCUT2D eigenvalue weighted by Gasteiger charge is 2.33. The van der Waals surface area contributed by atoms with Crippen LogP contribution in [0.3, 0.4) is 0 Å². The lowest BCUT2D eigenvalue weighted by Crippen LogP contribution is -2.27. The number of benzene rings is 2. The van der Waals surface area contributed by atoms with Gasteiger partial charge in [0.15, 0.2) is 0 Å². The Balaban J connectivity index is 1.93. The topological polar surface area (TPSA) is 20.3 Å². The van der Waals surface area contributed by atoms with Gasteiger partial charge in [0, 0.05) is 15.1 Å². The molecule has 1 aliphatic heterocycles. The normalized spacial score (nSPS) is 18.3. The zero-order valence-electron chi connectivity index (χ0n) is 11.5. The molecule has 1 fully saturated rings. The Bertz CT molecular complexity index is 642. The number of amides is 1. The van der Waals surface area contributed by atoms with Crippen LogP contribution >= 0.6 is 39.5 Å². The summed E-state index contributed by atoms with van der Waals surface area (Å²) in [5.74, 6) is 0.701. The summed E-state index contributed by atoms with van der Waals surface area (Å²) in [7, 11) is 0. The van der Waals surface area contributed by atoms with Gasteiger partial charge in [0.2, 0.25) is 5.91 Å². The predicted molar refractivity (Wildman–Crippen MR) is 95.1 cm³/mol. The molecule has 1 heterocycles. The molecule has 2 nitrogen and oxygen atoms in total. The molecule has 0 radical (unpaired) electrons. The zero-order valence-corrected chi connectivity index (χ0v) is 14.7. The molecule has 21 heavy (non-hydrogen) atoms. The molecule has 2 aromatic rings. The number of hydrogen-bond donors (Lipinski definition) is 0. The number of carbonyl (C=O) groups is 1.